The molecular formula is C16H23NO. The van der Waals surface area contributed by atoms with E-state index >= 15 is 0 Å². The normalized spacial score (nSPS) is 25.3. The zero-order valence-corrected chi connectivity index (χ0v) is 11.2. The van der Waals surface area contributed by atoms with Crippen LogP contribution in [0.25, 0.3) is 0 Å². The van der Waals surface area contributed by atoms with E-state index in [4.69, 9.17) is 4.74 Å². The van der Waals surface area contributed by atoms with Crippen LogP contribution in [0.5, 0.6) is 0 Å². The van der Waals surface area contributed by atoms with Gasteiger partial charge in [0, 0.05) is 6.04 Å². The summed E-state index contributed by atoms with van der Waals surface area (Å²) in [7, 11) is 2.07. The minimum atomic E-state index is 0.251. The molecule has 1 aromatic rings. The molecule has 18 heavy (non-hydrogen) atoms. The van der Waals surface area contributed by atoms with Gasteiger partial charge in [-0.1, -0.05) is 43.5 Å². The van der Waals surface area contributed by atoms with Gasteiger partial charge in [-0.05, 0) is 36.9 Å². The third kappa shape index (κ3) is 2.32. The topological polar surface area (TPSA) is 21.3 Å². The van der Waals surface area contributed by atoms with Crippen LogP contribution in [0, 0.1) is 5.92 Å². The molecule has 2 heteroatoms. The van der Waals surface area contributed by atoms with Crippen LogP contribution >= 0.6 is 0 Å². The molecule has 1 aliphatic heterocycles. The van der Waals surface area contributed by atoms with Gasteiger partial charge >= 0.3 is 0 Å². The summed E-state index contributed by atoms with van der Waals surface area (Å²) in [5.74, 6) is 0.917. The maximum Gasteiger partial charge on any atom is 0.0980 e. The average Bonchev–Trinajstić information content (AvgIpc) is 2.38. The molecule has 0 saturated heterocycles. The monoisotopic (exact) mass is 245 g/mol. The number of nitrogens with one attached hydrogen (secondary N) is 1. The maximum absolute atomic E-state index is 6.06. The second-order valence-corrected chi connectivity index (χ2v) is 5.67. The summed E-state index contributed by atoms with van der Waals surface area (Å²) in [4.78, 5) is 0. The quantitative estimate of drug-likeness (QED) is 0.880. The molecule has 2 atom stereocenters. The largest absolute Gasteiger partial charge is 0.372 e. The number of likely N-dealkylation sites (N-methyl/N-ethyl adjacent to an activating group) is 1. The molecule has 1 heterocycles. The van der Waals surface area contributed by atoms with Crippen molar-refractivity contribution in [3.05, 3.63) is 35.4 Å². The molecule has 2 aliphatic rings. The highest BCUT2D eigenvalue weighted by molar-refractivity contribution is 5.32. The fourth-order valence-electron chi connectivity index (χ4n) is 3.24. The lowest BCUT2D eigenvalue weighted by Gasteiger charge is -2.36. The van der Waals surface area contributed by atoms with Gasteiger partial charge in [0.15, 0.2) is 0 Å². The Hall–Kier alpha value is -0.860. The van der Waals surface area contributed by atoms with Crippen molar-refractivity contribution >= 4 is 0 Å². The lowest BCUT2D eigenvalue weighted by atomic mass is 9.78. The highest BCUT2D eigenvalue weighted by Crippen LogP contribution is 2.36. The van der Waals surface area contributed by atoms with Gasteiger partial charge in [-0.15, -0.1) is 0 Å². The minimum absolute atomic E-state index is 0.251. The third-order valence-corrected chi connectivity index (χ3v) is 4.58. The van der Waals surface area contributed by atoms with Gasteiger partial charge in [0.1, 0.15) is 0 Å². The SMILES string of the molecule is CNC(CC1CCC1)C1OCCc2ccccc21. The Morgan fingerprint density at radius 2 is 2.17 bits per heavy atom. The molecule has 1 aliphatic carbocycles. The van der Waals surface area contributed by atoms with E-state index in [1.165, 1.54) is 36.8 Å². The van der Waals surface area contributed by atoms with E-state index < -0.39 is 0 Å². The zero-order valence-electron chi connectivity index (χ0n) is 11.2. The second kappa shape index (κ2) is 5.41. The van der Waals surface area contributed by atoms with E-state index in [0.717, 1.165) is 18.9 Å². The molecule has 0 spiro atoms. The van der Waals surface area contributed by atoms with Crippen LogP contribution in [0.2, 0.25) is 0 Å². The summed E-state index contributed by atoms with van der Waals surface area (Å²) in [5.41, 5.74) is 2.88. The highest BCUT2D eigenvalue weighted by Gasteiger charge is 2.31. The van der Waals surface area contributed by atoms with Crippen LogP contribution in [0.4, 0.5) is 0 Å². The van der Waals surface area contributed by atoms with Crippen LogP contribution in [0.1, 0.15) is 42.9 Å². The smallest absolute Gasteiger partial charge is 0.0980 e. The van der Waals surface area contributed by atoms with E-state index in [2.05, 4.69) is 36.6 Å². The molecule has 1 aromatic carbocycles. The Balaban J connectivity index is 1.77. The standard InChI is InChI=1S/C16H23NO/c1-17-15(11-12-5-4-6-12)16-14-8-3-2-7-13(14)9-10-18-16/h2-3,7-8,12,15-17H,4-6,9-11H2,1H3. The molecule has 98 valence electrons. The fraction of sp³-hybridized carbons (Fsp3) is 0.625. The number of fused-ring (bicyclic) bond motifs is 1. The van der Waals surface area contributed by atoms with E-state index in [-0.39, 0.29) is 6.10 Å². The van der Waals surface area contributed by atoms with Crippen LogP contribution in [0.15, 0.2) is 24.3 Å². The minimum Gasteiger partial charge on any atom is -0.372 e. The van der Waals surface area contributed by atoms with Gasteiger partial charge in [-0.2, -0.15) is 0 Å². The first-order valence-corrected chi connectivity index (χ1v) is 7.25. The van der Waals surface area contributed by atoms with E-state index in [9.17, 15) is 0 Å². The van der Waals surface area contributed by atoms with Crippen molar-refractivity contribution in [2.24, 2.45) is 5.92 Å². The number of hydrogen-bond acceptors (Lipinski definition) is 2. The van der Waals surface area contributed by atoms with Gasteiger partial charge in [-0.3, -0.25) is 0 Å². The lowest BCUT2D eigenvalue weighted by molar-refractivity contribution is 0.00776. The Morgan fingerprint density at radius 1 is 1.33 bits per heavy atom. The first-order valence-electron chi connectivity index (χ1n) is 7.25. The van der Waals surface area contributed by atoms with Gasteiger partial charge < -0.3 is 10.1 Å². The molecule has 1 fully saturated rings. The Kier molecular flexibility index (Phi) is 3.67. The molecule has 0 radical (unpaired) electrons. The summed E-state index contributed by atoms with van der Waals surface area (Å²) in [6.45, 7) is 0.866. The number of rotatable bonds is 4. The van der Waals surface area contributed by atoms with Crippen molar-refractivity contribution in [2.75, 3.05) is 13.7 Å². The van der Waals surface area contributed by atoms with Crippen LogP contribution in [-0.2, 0) is 11.2 Å². The van der Waals surface area contributed by atoms with Crippen LogP contribution in [-0.4, -0.2) is 19.7 Å². The van der Waals surface area contributed by atoms with Crippen molar-refractivity contribution in [2.45, 2.75) is 44.2 Å². The second-order valence-electron chi connectivity index (χ2n) is 5.67. The summed E-state index contributed by atoms with van der Waals surface area (Å²) in [5, 5.41) is 3.49. The number of hydrogen-bond donors (Lipinski definition) is 1. The van der Waals surface area contributed by atoms with Crippen LogP contribution in [0.3, 0.4) is 0 Å². The number of ether oxygens (including phenoxy) is 1. The summed E-state index contributed by atoms with van der Waals surface area (Å²) >= 11 is 0. The summed E-state index contributed by atoms with van der Waals surface area (Å²) < 4.78 is 6.06. The first-order chi connectivity index (χ1) is 8.88. The van der Waals surface area contributed by atoms with Gasteiger partial charge in [0.2, 0.25) is 0 Å². The van der Waals surface area contributed by atoms with Gasteiger partial charge in [0.25, 0.3) is 0 Å². The third-order valence-electron chi connectivity index (χ3n) is 4.58. The van der Waals surface area contributed by atoms with Gasteiger partial charge in [-0.25, -0.2) is 0 Å². The van der Waals surface area contributed by atoms with Crippen molar-refractivity contribution in [1.29, 1.82) is 0 Å². The Labute approximate surface area is 110 Å². The average molecular weight is 245 g/mol. The van der Waals surface area contributed by atoms with E-state index in [1.807, 2.05) is 0 Å². The number of benzene rings is 1. The molecular weight excluding hydrogens is 222 g/mol. The molecule has 0 aromatic heterocycles. The highest BCUT2D eigenvalue weighted by atomic mass is 16.5. The summed E-state index contributed by atoms with van der Waals surface area (Å²) in [6.07, 6.45) is 6.81. The predicted molar refractivity (Wildman–Crippen MR) is 73.6 cm³/mol. The lowest BCUT2D eigenvalue weighted by Crippen LogP contribution is -2.38. The first kappa shape index (κ1) is 12.2. The molecule has 1 saturated carbocycles. The molecule has 0 amide bonds. The molecule has 2 unspecified atom stereocenters. The predicted octanol–water partition coefficient (Wildman–Crippen LogP) is 3.08. The molecule has 2 nitrogen and oxygen atoms in total. The molecule has 3 rings (SSSR count). The van der Waals surface area contributed by atoms with Crippen molar-refractivity contribution in [3.8, 4) is 0 Å². The van der Waals surface area contributed by atoms with Crippen molar-refractivity contribution in [3.63, 3.8) is 0 Å². The summed E-state index contributed by atoms with van der Waals surface area (Å²) in [6, 6.07) is 9.24. The van der Waals surface area contributed by atoms with Crippen molar-refractivity contribution < 1.29 is 4.74 Å². The zero-order chi connectivity index (χ0) is 12.4. The Bertz CT molecular complexity index is 400. The molecule has 0 bridgehead atoms. The fourth-order valence-corrected chi connectivity index (χ4v) is 3.24. The van der Waals surface area contributed by atoms with Crippen molar-refractivity contribution in [1.82, 2.24) is 5.32 Å². The van der Waals surface area contributed by atoms with E-state index in [1.54, 1.807) is 0 Å². The maximum atomic E-state index is 6.06. The Morgan fingerprint density at radius 3 is 2.89 bits per heavy atom. The van der Waals surface area contributed by atoms with Gasteiger partial charge in [0.05, 0.1) is 12.7 Å². The molecule has 1 N–H and O–H groups in total. The van der Waals surface area contributed by atoms with Crippen LogP contribution < -0.4 is 5.32 Å². The van der Waals surface area contributed by atoms with E-state index in [0.29, 0.717) is 6.04 Å².